The van der Waals surface area contributed by atoms with Gasteiger partial charge in [-0.2, -0.15) is 48.3 Å². The van der Waals surface area contributed by atoms with Crippen molar-refractivity contribution in [3.63, 3.8) is 0 Å². The maximum Gasteiger partial charge on any atom is 0.636 e. The number of alkyl halides is 11. The monoisotopic (exact) mass is 859 g/mol. The molecule has 0 N–H and O–H groups in total. The quantitative estimate of drug-likeness (QED) is 0.0571. The molecule has 0 fully saturated rings. The lowest BCUT2D eigenvalue weighted by atomic mass is 10.2. The third-order valence-electron chi connectivity index (χ3n) is 6.89. The minimum atomic E-state index is -7.14. The minimum absolute atomic E-state index is 0.0896. The zero-order valence-electron chi connectivity index (χ0n) is 29.6. The second-order valence-corrected chi connectivity index (χ2v) is 41.6. The van der Waals surface area contributed by atoms with Crippen LogP contribution in [0.4, 0.5) is 48.3 Å². The lowest BCUT2D eigenvalue weighted by molar-refractivity contribution is -0.486. The first-order valence-corrected chi connectivity index (χ1v) is 34.2. The van der Waals surface area contributed by atoms with Crippen molar-refractivity contribution in [2.24, 2.45) is 0 Å². The summed E-state index contributed by atoms with van der Waals surface area (Å²) >= 11 is 0. The van der Waals surface area contributed by atoms with Crippen LogP contribution in [0, 0.1) is 0 Å². The van der Waals surface area contributed by atoms with Crippen molar-refractivity contribution >= 4 is 59.9 Å². The van der Waals surface area contributed by atoms with Crippen molar-refractivity contribution in [1.82, 2.24) is 0 Å². The molecule has 49 heavy (non-hydrogen) atoms. The first kappa shape index (κ1) is 49.4. The van der Waals surface area contributed by atoms with E-state index in [1.807, 2.05) is 45.8 Å². The second-order valence-electron chi connectivity index (χ2n) is 12.7. The summed E-state index contributed by atoms with van der Waals surface area (Å²) in [4.78, 5) is 0. The molecule has 0 aliphatic rings. The lowest BCUT2D eigenvalue weighted by Gasteiger charge is -2.43. The Hall–Kier alpha value is 0.428. The molecule has 8 nitrogen and oxygen atoms in total. The van der Waals surface area contributed by atoms with Crippen LogP contribution in [0.15, 0.2) is 0 Å². The summed E-state index contributed by atoms with van der Waals surface area (Å²) in [6.07, 6.45) is -18.8. The molecular formula is C23H50F11O8Si7. The molecule has 26 heteroatoms. The Labute approximate surface area is 290 Å². The fourth-order valence-corrected chi connectivity index (χ4v) is 44.2. The molecule has 0 spiro atoms. The van der Waals surface area contributed by atoms with E-state index in [0.717, 1.165) is 18.9 Å². The van der Waals surface area contributed by atoms with E-state index >= 15 is 0 Å². The van der Waals surface area contributed by atoms with Crippen molar-refractivity contribution in [3.05, 3.63) is 0 Å². The number of halogens is 11. The fourth-order valence-electron chi connectivity index (χ4n) is 4.22. The maximum atomic E-state index is 14.6. The molecule has 0 aromatic carbocycles. The van der Waals surface area contributed by atoms with Gasteiger partial charge in [-0.3, -0.25) is 4.74 Å². The summed E-state index contributed by atoms with van der Waals surface area (Å²) in [5.74, 6) is -12.9. The van der Waals surface area contributed by atoms with Gasteiger partial charge in [0.25, 0.3) is 0 Å². The van der Waals surface area contributed by atoms with Crippen molar-refractivity contribution in [2.45, 2.75) is 121 Å². The van der Waals surface area contributed by atoms with E-state index in [4.69, 9.17) is 25.3 Å². The molecule has 3 unspecified atom stereocenters. The average Bonchev–Trinajstić information content (AvgIpc) is 2.91. The second kappa shape index (κ2) is 19.1. The number of unbranched alkanes of at least 4 members (excludes halogenated alkanes) is 1. The Morgan fingerprint density at radius 3 is 1.61 bits per heavy atom. The molecule has 0 aliphatic heterocycles. The van der Waals surface area contributed by atoms with E-state index in [2.05, 4.69) is 16.4 Å². The number of ether oxygens (including phenoxy) is 2. The van der Waals surface area contributed by atoms with Crippen LogP contribution in [0.25, 0.3) is 0 Å². The average molecular weight is 860 g/mol. The predicted octanol–water partition coefficient (Wildman–Crippen LogP) is 7.27. The molecule has 0 amide bonds. The first-order valence-electron chi connectivity index (χ1n) is 15.5. The Kier molecular flexibility index (Phi) is 19.3. The van der Waals surface area contributed by atoms with E-state index in [1.165, 1.54) is 14.2 Å². The van der Waals surface area contributed by atoms with Gasteiger partial charge < -0.3 is 30.0 Å². The molecule has 3 atom stereocenters. The normalized spacial score (nSPS) is 17.6. The summed E-state index contributed by atoms with van der Waals surface area (Å²) < 4.78 is 191. The lowest BCUT2D eigenvalue weighted by Crippen LogP contribution is -2.69. The SMILES string of the molecule is CCCC[Si](C)(C)O[Si](O[Si]([SiH](C)OC)[Si](C)(CCCOCC(F)(OC(F)(F)C(F)(F)C(F)(F)F)C(F)(F)F)OC)(O[SiH](C)C)O[SiH](C)C. The number of hydrogen-bond acceptors (Lipinski definition) is 8. The van der Waals surface area contributed by atoms with Crippen molar-refractivity contribution in [2.75, 3.05) is 27.4 Å². The summed E-state index contributed by atoms with van der Waals surface area (Å²) in [7, 11) is -14.5. The van der Waals surface area contributed by atoms with Crippen LogP contribution >= 0.6 is 0 Å². The standard InChI is InChI=1S/C23H50F11O8Si7/c1-12-13-16-47(9,10)42-49(39-43(4)5,40-44(6)7)41-46(45(8)35-2)48(11,36-3)17-14-15-37-18-19(24,21(27,28)29)38-23(33,34)20(25,26)22(30,31)32/h43-45H,12-18H2,1-11H3. The summed E-state index contributed by atoms with van der Waals surface area (Å²) in [6, 6.07) is 0.896. The van der Waals surface area contributed by atoms with E-state index < -0.39 is 103 Å². The van der Waals surface area contributed by atoms with Gasteiger partial charge in [-0.05, 0) is 70.9 Å². The topological polar surface area (TPSA) is 73.8 Å². The third kappa shape index (κ3) is 14.6. The molecule has 0 aliphatic carbocycles. The van der Waals surface area contributed by atoms with Crippen LogP contribution in [-0.2, 0) is 34.8 Å². The molecule has 0 heterocycles. The Morgan fingerprint density at radius 2 is 1.22 bits per heavy atom. The van der Waals surface area contributed by atoms with Gasteiger partial charge in [0.1, 0.15) is 6.61 Å². The van der Waals surface area contributed by atoms with Gasteiger partial charge in [-0.25, -0.2) is 0 Å². The molecule has 0 saturated heterocycles. The van der Waals surface area contributed by atoms with Gasteiger partial charge in [-0.1, -0.05) is 19.8 Å². The van der Waals surface area contributed by atoms with E-state index in [-0.39, 0.29) is 12.5 Å². The van der Waals surface area contributed by atoms with Gasteiger partial charge in [-0.15, -0.1) is 0 Å². The van der Waals surface area contributed by atoms with Crippen molar-refractivity contribution in [3.8, 4) is 0 Å². The molecule has 0 rings (SSSR count). The molecule has 295 valence electrons. The van der Waals surface area contributed by atoms with Gasteiger partial charge >= 0.3 is 39.3 Å². The zero-order chi connectivity index (χ0) is 38.9. The van der Waals surface area contributed by atoms with E-state index in [0.29, 0.717) is 0 Å². The van der Waals surface area contributed by atoms with E-state index in [1.54, 1.807) is 6.55 Å². The van der Waals surface area contributed by atoms with Gasteiger partial charge in [0.05, 0.1) is 0 Å². The summed E-state index contributed by atoms with van der Waals surface area (Å²) in [6.45, 7) is 14.3. The molecule has 0 saturated carbocycles. The molecule has 0 aromatic heterocycles. The highest BCUT2D eigenvalue weighted by atomic mass is 29.6. The van der Waals surface area contributed by atoms with Gasteiger partial charge in [0.15, 0.2) is 35.0 Å². The van der Waals surface area contributed by atoms with Crippen LogP contribution < -0.4 is 0 Å². The predicted molar refractivity (Wildman–Crippen MR) is 177 cm³/mol. The zero-order valence-corrected chi connectivity index (χ0v) is 37.1. The highest BCUT2D eigenvalue weighted by molar-refractivity contribution is 7.51. The fraction of sp³-hybridized carbons (Fsp3) is 1.00. The van der Waals surface area contributed by atoms with Gasteiger partial charge in [0, 0.05) is 20.8 Å². The maximum absolute atomic E-state index is 14.6. The summed E-state index contributed by atoms with van der Waals surface area (Å²) in [5.41, 5.74) is 0. The van der Waals surface area contributed by atoms with Crippen LogP contribution in [0.1, 0.15) is 26.2 Å². The third-order valence-corrected chi connectivity index (χ3v) is 42.9. The van der Waals surface area contributed by atoms with Crippen molar-refractivity contribution in [1.29, 1.82) is 0 Å². The smallest absolute Gasteiger partial charge is 0.424 e. The van der Waals surface area contributed by atoms with Crippen molar-refractivity contribution < 1.29 is 83.1 Å². The Bertz CT molecular complexity index is 977. The molecule has 0 bridgehead atoms. The van der Waals surface area contributed by atoms with Crippen LogP contribution in [0.5, 0.6) is 0 Å². The highest BCUT2D eigenvalue weighted by Gasteiger charge is 2.78. The molecule has 1 radical (unpaired) electrons. The highest BCUT2D eigenvalue weighted by Crippen LogP contribution is 2.51. The molecular weight excluding hydrogens is 810 g/mol. The van der Waals surface area contributed by atoms with E-state index in [9.17, 15) is 48.3 Å². The van der Waals surface area contributed by atoms with Crippen LogP contribution in [-0.4, -0.2) is 118 Å². The number of rotatable bonds is 24. The summed E-state index contributed by atoms with van der Waals surface area (Å²) in [5, 5.41) is 0. The largest absolute Gasteiger partial charge is 0.636 e. The van der Waals surface area contributed by atoms with Gasteiger partial charge in [0.2, 0.25) is 15.9 Å². The Morgan fingerprint density at radius 1 is 0.714 bits per heavy atom. The number of hydrogen-bond donors (Lipinski definition) is 0. The van der Waals surface area contributed by atoms with Crippen LogP contribution in [0.2, 0.25) is 64.5 Å². The Balaban J connectivity index is 6.26. The van der Waals surface area contributed by atoms with Crippen LogP contribution in [0.3, 0.4) is 0 Å². The minimum Gasteiger partial charge on any atom is -0.424 e. The first-order chi connectivity index (χ1) is 21.9. The molecule has 0 aromatic rings.